The van der Waals surface area contributed by atoms with E-state index in [-0.39, 0.29) is 6.79 Å². The molecule has 0 fully saturated rings. The third-order valence-electron chi connectivity index (χ3n) is 4.05. The molecule has 26 heavy (non-hydrogen) atoms. The molecule has 5 rings (SSSR count). The summed E-state index contributed by atoms with van der Waals surface area (Å²) < 4.78 is 10.8. The first kappa shape index (κ1) is 14.6. The maximum absolute atomic E-state index is 5.46. The van der Waals surface area contributed by atoms with Gasteiger partial charge in [-0.05, 0) is 42.5 Å². The Balaban J connectivity index is 1.64. The SMILES string of the molecule is c1cnc2nc(-c3ccc4c(c3)OCO4)nc(Nc3ccncc3)c2c1. The van der Waals surface area contributed by atoms with Gasteiger partial charge in [-0.3, -0.25) is 4.98 Å². The van der Waals surface area contributed by atoms with Gasteiger partial charge < -0.3 is 14.8 Å². The Morgan fingerprint density at radius 1 is 0.885 bits per heavy atom. The van der Waals surface area contributed by atoms with E-state index in [0.717, 1.165) is 22.4 Å². The van der Waals surface area contributed by atoms with Crippen molar-refractivity contribution >= 4 is 22.5 Å². The van der Waals surface area contributed by atoms with Crippen molar-refractivity contribution in [2.75, 3.05) is 12.1 Å². The Kier molecular flexibility index (Phi) is 3.35. The van der Waals surface area contributed by atoms with Gasteiger partial charge in [0.2, 0.25) is 6.79 Å². The lowest BCUT2D eigenvalue weighted by molar-refractivity contribution is 0.174. The van der Waals surface area contributed by atoms with Crippen LogP contribution in [0.4, 0.5) is 11.5 Å². The quantitative estimate of drug-likeness (QED) is 0.609. The zero-order valence-corrected chi connectivity index (χ0v) is 13.6. The van der Waals surface area contributed by atoms with Gasteiger partial charge in [-0.15, -0.1) is 0 Å². The molecule has 0 saturated heterocycles. The Bertz CT molecular complexity index is 1100. The molecule has 3 aromatic heterocycles. The number of fused-ring (bicyclic) bond motifs is 2. The fraction of sp³-hybridized carbons (Fsp3) is 0.0526. The molecule has 7 nitrogen and oxygen atoms in total. The number of nitrogens with one attached hydrogen (secondary N) is 1. The predicted molar refractivity (Wildman–Crippen MR) is 96.4 cm³/mol. The molecule has 0 unspecified atom stereocenters. The second-order valence-corrected chi connectivity index (χ2v) is 5.70. The largest absolute Gasteiger partial charge is 0.454 e. The first-order valence-corrected chi connectivity index (χ1v) is 8.07. The lowest BCUT2D eigenvalue weighted by Crippen LogP contribution is -2.00. The van der Waals surface area contributed by atoms with E-state index in [9.17, 15) is 0 Å². The summed E-state index contributed by atoms with van der Waals surface area (Å²) in [5.74, 6) is 2.66. The van der Waals surface area contributed by atoms with E-state index in [1.54, 1.807) is 18.6 Å². The van der Waals surface area contributed by atoms with Gasteiger partial charge in [0.15, 0.2) is 23.0 Å². The molecule has 1 aliphatic rings. The molecular weight excluding hydrogens is 330 g/mol. The molecule has 126 valence electrons. The maximum atomic E-state index is 5.46. The Morgan fingerprint density at radius 2 is 1.77 bits per heavy atom. The standard InChI is InChI=1S/C19H13N5O2/c1-2-14-18(21-7-1)23-17(12-3-4-15-16(10-12)26-11-25-15)24-19(14)22-13-5-8-20-9-6-13/h1-10H,11H2,(H,20,21,22,23,24). The van der Waals surface area contributed by atoms with E-state index in [2.05, 4.69) is 20.3 Å². The van der Waals surface area contributed by atoms with Crippen molar-refractivity contribution in [3.8, 4) is 22.9 Å². The lowest BCUT2D eigenvalue weighted by Gasteiger charge is -2.10. The van der Waals surface area contributed by atoms with Crippen molar-refractivity contribution in [1.29, 1.82) is 0 Å². The number of hydrogen-bond donors (Lipinski definition) is 1. The Morgan fingerprint density at radius 3 is 2.69 bits per heavy atom. The highest BCUT2D eigenvalue weighted by Gasteiger charge is 2.16. The summed E-state index contributed by atoms with van der Waals surface area (Å²) >= 11 is 0. The molecule has 4 aromatic rings. The van der Waals surface area contributed by atoms with Gasteiger partial charge in [0.1, 0.15) is 5.82 Å². The second-order valence-electron chi connectivity index (χ2n) is 5.70. The average molecular weight is 343 g/mol. The van der Waals surface area contributed by atoms with Crippen molar-refractivity contribution in [2.24, 2.45) is 0 Å². The van der Waals surface area contributed by atoms with Gasteiger partial charge in [-0.25, -0.2) is 15.0 Å². The van der Waals surface area contributed by atoms with Gasteiger partial charge in [0.05, 0.1) is 5.39 Å². The molecule has 0 amide bonds. The van der Waals surface area contributed by atoms with E-state index in [1.165, 1.54) is 0 Å². The summed E-state index contributed by atoms with van der Waals surface area (Å²) in [6.45, 7) is 0.230. The molecule has 0 radical (unpaired) electrons. The van der Waals surface area contributed by atoms with Crippen LogP contribution in [0.3, 0.4) is 0 Å². The highest BCUT2D eigenvalue weighted by Crippen LogP contribution is 2.36. The third kappa shape index (κ3) is 2.55. The minimum Gasteiger partial charge on any atom is -0.454 e. The van der Waals surface area contributed by atoms with E-state index < -0.39 is 0 Å². The normalized spacial score (nSPS) is 12.3. The van der Waals surface area contributed by atoms with Gasteiger partial charge in [0.25, 0.3) is 0 Å². The molecule has 7 heteroatoms. The minimum atomic E-state index is 0.230. The number of rotatable bonds is 3. The summed E-state index contributed by atoms with van der Waals surface area (Å²) in [4.78, 5) is 17.7. The van der Waals surface area contributed by atoms with Crippen LogP contribution < -0.4 is 14.8 Å². The summed E-state index contributed by atoms with van der Waals surface area (Å²) in [5.41, 5.74) is 2.34. The second kappa shape index (κ2) is 5.96. The van der Waals surface area contributed by atoms with Crippen LogP contribution in [-0.2, 0) is 0 Å². The van der Waals surface area contributed by atoms with Gasteiger partial charge >= 0.3 is 0 Å². The zero-order chi connectivity index (χ0) is 17.3. The summed E-state index contributed by atoms with van der Waals surface area (Å²) in [6.07, 6.45) is 5.17. The summed E-state index contributed by atoms with van der Waals surface area (Å²) in [7, 11) is 0. The summed E-state index contributed by atoms with van der Waals surface area (Å²) in [5, 5.41) is 4.16. The van der Waals surface area contributed by atoms with E-state index in [4.69, 9.17) is 14.5 Å². The van der Waals surface area contributed by atoms with Gasteiger partial charge in [-0.1, -0.05) is 0 Å². The first-order valence-electron chi connectivity index (χ1n) is 8.07. The van der Waals surface area contributed by atoms with Crippen LogP contribution >= 0.6 is 0 Å². The van der Waals surface area contributed by atoms with Crippen molar-refractivity contribution in [2.45, 2.75) is 0 Å². The fourth-order valence-corrected chi connectivity index (χ4v) is 2.79. The number of nitrogens with zero attached hydrogens (tertiary/aromatic N) is 4. The maximum Gasteiger partial charge on any atom is 0.231 e. The molecule has 0 atom stereocenters. The third-order valence-corrected chi connectivity index (χ3v) is 4.05. The van der Waals surface area contributed by atoms with E-state index in [1.807, 2.05) is 42.5 Å². The topological polar surface area (TPSA) is 82.1 Å². The van der Waals surface area contributed by atoms with Crippen molar-refractivity contribution in [1.82, 2.24) is 19.9 Å². The number of anilines is 2. The van der Waals surface area contributed by atoms with E-state index >= 15 is 0 Å². The number of pyridine rings is 2. The van der Waals surface area contributed by atoms with Crippen LogP contribution in [0.5, 0.6) is 11.5 Å². The molecule has 0 bridgehead atoms. The van der Waals surface area contributed by atoms with E-state index in [0.29, 0.717) is 23.0 Å². The number of benzene rings is 1. The van der Waals surface area contributed by atoms with Crippen LogP contribution in [0.1, 0.15) is 0 Å². The highest BCUT2D eigenvalue weighted by atomic mass is 16.7. The van der Waals surface area contributed by atoms with Gasteiger partial charge in [-0.2, -0.15) is 0 Å². The fourth-order valence-electron chi connectivity index (χ4n) is 2.79. The first-order chi connectivity index (χ1) is 12.9. The van der Waals surface area contributed by atoms with Crippen LogP contribution in [0.25, 0.3) is 22.4 Å². The lowest BCUT2D eigenvalue weighted by atomic mass is 10.2. The Labute approximate surface area is 148 Å². The molecule has 0 aliphatic carbocycles. The average Bonchev–Trinajstić information content (AvgIpc) is 3.16. The van der Waals surface area contributed by atoms with Gasteiger partial charge in [0, 0.05) is 29.8 Å². The molecule has 4 heterocycles. The number of aromatic nitrogens is 4. The molecular formula is C19H13N5O2. The molecule has 0 spiro atoms. The predicted octanol–water partition coefficient (Wildman–Crippen LogP) is 3.56. The monoisotopic (exact) mass is 343 g/mol. The summed E-state index contributed by atoms with van der Waals surface area (Å²) in [6, 6.07) is 13.2. The van der Waals surface area contributed by atoms with Crippen LogP contribution in [0, 0.1) is 0 Å². The number of hydrogen-bond acceptors (Lipinski definition) is 7. The number of ether oxygens (including phenoxy) is 2. The molecule has 1 aromatic carbocycles. The Hall–Kier alpha value is -3.74. The van der Waals surface area contributed by atoms with Crippen molar-refractivity contribution < 1.29 is 9.47 Å². The minimum absolute atomic E-state index is 0.230. The van der Waals surface area contributed by atoms with Crippen LogP contribution in [0.2, 0.25) is 0 Å². The van der Waals surface area contributed by atoms with Crippen LogP contribution in [0.15, 0.2) is 61.1 Å². The zero-order valence-electron chi connectivity index (χ0n) is 13.6. The smallest absolute Gasteiger partial charge is 0.231 e. The highest BCUT2D eigenvalue weighted by molar-refractivity contribution is 5.90. The molecule has 1 N–H and O–H groups in total. The van der Waals surface area contributed by atoms with Crippen molar-refractivity contribution in [3.63, 3.8) is 0 Å². The van der Waals surface area contributed by atoms with Crippen molar-refractivity contribution in [3.05, 3.63) is 61.1 Å². The molecule has 0 saturated carbocycles. The van der Waals surface area contributed by atoms with Crippen LogP contribution in [-0.4, -0.2) is 26.7 Å². The molecule has 1 aliphatic heterocycles.